The highest BCUT2D eigenvalue weighted by Gasteiger charge is 2.52. The minimum absolute atomic E-state index is 0.126. The number of ether oxygens (including phenoxy) is 1. The van der Waals surface area contributed by atoms with Gasteiger partial charge in [-0.3, -0.25) is 9.48 Å². The van der Waals surface area contributed by atoms with Crippen LogP contribution < -0.4 is 10.2 Å². The quantitative estimate of drug-likeness (QED) is 0.440. The van der Waals surface area contributed by atoms with Crippen LogP contribution in [0.15, 0.2) is 30.5 Å². The molecule has 0 unspecified atom stereocenters. The van der Waals surface area contributed by atoms with Gasteiger partial charge in [0.15, 0.2) is 12.1 Å². The van der Waals surface area contributed by atoms with Gasteiger partial charge in [0.25, 0.3) is 0 Å². The van der Waals surface area contributed by atoms with Gasteiger partial charge in [-0.2, -0.15) is 5.10 Å². The first kappa shape index (κ1) is 21.8. The van der Waals surface area contributed by atoms with Crippen molar-refractivity contribution in [2.24, 2.45) is 0 Å². The summed E-state index contributed by atoms with van der Waals surface area (Å²) in [6.07, 6.45) is 2.13. The van der Waals surface area contributed by atoms with Gasteiger partial charge in [-0.1, -0.05) is 23.7 Å². The van der Waals surface area contributed by atoms with E-state index in [1.165, 1.54) is 7.11 Å². The van der Waals surface area contributed by atoms with Crippen LogP contribution in [0.3, 0.4) is 0 Å². The van der Waals surface area contributed by atoms with Crippen LogP contribution in [0.5, 0.6) is 5.75 Å². The molecule has 6 nitrogen and oxygen atoms in total. The second-order valence-electron chi connectivity index (χ2n) is 8.57. The summed E-state index contributed by atoms with van der Waals surface area (Å²) < 4.78 is 33.8. The van der Waals surface area contributed by atoms with Crippen molar-refractivity contribution in [2.75, 3.05) is 7.11 Å². The molecule has 1 fully saturated rings. The number of methoxy groups -OCH3 is 1. The van der Waals surface area contributed by atoms with Crippen LogP contribution in [0.2, 0.25) is 5.02 Å². The maximum absolute atomic E-state index is 14.6. The molecule has 31 heavy (non-hydrogen) atoms. The van der Waals surface area contributed by atoms with E-state index in [0.717, 1.165) is 16.4 Å². The van der Waals surface area contributed by atoms with Gasteiger partial charge in [0.1, 0.15) is 5.75 Å². The number of benzene rings is 2. The molecular formula is C22H23BClFN2O4. The van der Waals surface area contributed by atoms with Crippen LogP contribution in [-0.4, -0.2) is 41.5 Å². The number of fused-ring (bicyclic) bond motifs is 1. The Labute approximate surface area is 185 Å². The van der Waals surface area contributed by atoms with Gasteiger partial charge in [0.2, 0.25) is 0 Å². The van der Waals surface area contributed by atoms with E-state index < -0.39 is 24.1 Å². The van der Waals surface area contributed by atoms with Crippen molar-refractivity contribution in [1.29, 1.82) is 0 Å². The molecule has 0 aliphatic carbocycles. The molecule has 0 spiro atoms. The van der Waals surface area contributed by atoms with Crippen molar-refractivity contribution in [3.8, 4) is 5.75 Å². The molecule has 0 radical (unpaired) electrons. The number of hydrogen-bond donors (Lipinski definition) is 0. The van der Waals surface area contributed by atoms with E-state index >= 15 is 0 Å². The van der Waals surface area contributed by atoms with Crippen molar-refractivity contribution in [3.05, 3.63) is 52.4 Å². The van der Waals surface area contributed by atoms with Crippen LogP contribution >= 0.6 is 11.6 Å². The molecule has 0 bridgehead atoms. The molecule has 1 saturated heterocycles. The Morgan fingerprint density at radius 2 is 1.94 bits per heavy atom. The molecule has 2 aromatic carbocycles. The summed E-state index contributed by atoms with van der Waals surface area (Å²) in [7, 11) is 0.846. The zero-order valence-corrected chi connectivity index (χ0v) is 18.8. The van der Waals surface area contributed by atoms with E-state index in [2.05, 4.69) is 5.10 Å². The van der Waals surface area contributed by atoms with E-state index in [4.69, 9.17) is 25.6 Å². The summed E-state index contributed by atoms with van der Waals surface area (Å²) in [6.45, 7) is 8.21. The average Bonchev–Trinajstić information content (AvgIpc) is 3.22. The number of hydrogen-bond acceptors (Lipinski definition) is 5. The Kier molecular flexibility index (Phi) is 5.36. The molecular weight excluding hydrogens is 422 g/mol. The lowest BCUT2D eigenvalue weighted by atomic mass is 9.77. The largest absolute Gasteiger partial charge is 0.496 e. The van der Waals surface area contributed by atoms with Crippen molar-refractivity contribution in [3.63, 3.8) is 0 Å². The zero-order valence-electron chi connectivity index (χ0n) is 18.0. The molecule has 9 heteroatoms. The lowest BCUT2D eigenvalue weighted by Gasteiger charge is -2.32. The minimum Gasteiger partial charge on any atom is -0.496 e. The molecule has 1 aromatic heterocycles. The monoisotopic (exact) mass is 444 g/mol. The molecule has 0 saturated carbocycles. The average molecular weight is 445 g/mol. The van der Waals surface area contributed by atoms with Crippen LogP contribution in [0.4, 0.5) is 4.39 Å². The molecule has 2 heterocycles. The van der Waals surface area contributed by atoms with Gasteiger partial charge in [0.05, 0.1) is 47.2 Å². The lowest BCUT2D eigenvalue weighted by Crippen LogP contribution is -2.41. The van der Waals surface area contributed by atoms with Crippen molar-refractivity contribution < 1.29 is 23.2 Å². The maximum atomic E-state index is 14.6. The second kappa shape index (κ2) is 7.62. The van der Waals surface area contributed by atoms with Gasteiger partial charge in [0, 0.05) is 5.39 Å². The molecule has 4 rings (SSSR count). The third-order valence-electron chi connectivity index (χ3n) is 6.17. The standard InChI is InChI=1S/C22H23BClFN2O4/c1-21(2)22(3,4)31-23(30-21)16-7-6-8-17-14(16)10-26-27(17)11-13-9-18(29-5)15(12-28)20(25)19(13)24/h6-10,12H,11H2,1-5H3. The molecule has 1 aliphatic rings. The minimum atomic E-state index is -0.805. The zero-order chi connectivity index (χ0) is 22.6. The second-order valence-corrected chi connectivity index (χ2v) is 8.95. The molecule has 1 aliphatic heterocycles. The summed E-state index contributed by atoms with van der Waals surface area (Å²) in [5, 5.41) is 5.22. The first-order chi connectivity index (χ1) is 14.6. The summed E-state index contributed by atoms with van der Waals surface area (Å²) in [5.74, 6) is -0.679. The van der Waals surface area contributed by atoms with Gasteiger partial charge in [-0.25, -0.2) is 4.39 Å². The highest BCUT2D eigenvalue weighted by molar-refractivity contribution is 6.65. The predicted octanol–water partition coefficient (Wildman–Crippen LogP) is 4.00. The number of halogens is 2. The fourth-order valence-electron chi connectivity index (χ4n) is 3.65. The highest BCUT2D eigenvalue weighted by atomic mass is 35.5. The number of carbonyl (C=O) groups excluding carboxylic acids is 1. The summed E-state index contributed by atoms with van der Waals surface area (Å²) in [4.78, 5) is 11.2. The highest BCUT2D eigenvalue weighted by Crippen LogP contribution is 2.37. The Balaban J connectivity index is 1.73. The van der Waals surface area contributed by atoms with E-state index in [1.54, 1.807) is 16.9 Å². The van der Waals surface area contributed by atoms with Gasteiger partial charge in [-0.15, -0.1) is 0 Å². The summed E-state index contributed by atoms with van der Waals surface area (Å²) in [5.41, 5.74) is 1.02. The fourth-order valence-corrected chi connectivity index (χ4v) is 3.87. The van der Waals surface area contributed by atoms with E-state index in [1.807, 2.05) is 45.9 Å². The first-order valence-corrected chi connectivity index (χ1v) is 10.3. The number of aromatic nitrogens is 2. The van der Waals surface area contributed by atoms with Crippen molar-refractivity contribution >= 4 is 41.4 Å². The SMILES string of the molecule is COc1cc(Cn2ncc3c(B4OC(C)(C)C(C)(C)O4)cccc32)c(Cl)c(F)c1C=O. The molecule has 162 valence electrons. The number of aldehydes is 1. The summed E-state index contributed by atoms with van der Waals surface area (Å²) in [6, 6.07) is 7.32. The van der Waals surface area contributed by atoms with Crippen LogP contribution in [-0.2, 0) is 15.9 Å². The Hall–Kier alpha value is -2.42. The number of carbonyl (C=O) groups is 1. The predicted molar refractivity (Wildman–Crippen MR) is 118 cm³/mol. The Bertz CT molecular complexity index is 1160. The van der Waals surface area contributed by atoms with Crippen LogP contribution in [0, 0.1) is 5.82 Å². The molecule has 0 atom stereocenters. The first-order valence-electron chi connectivity index (χ1n) is 9.89. The number of rotatable bonds is 5. The number of nitrogens with zero attached hydrogens (tertiary/aromatic N) is 2. The van der Waals surface area contributed by atoms with Gasteiger partial charge >= 0.3 is 7.12 Å². The topological polar surface area (TPSA) is 62.6 Å². The Morgan fingerprint density at radius 1 is 1.26 bits per heavy atom. The third-order valence-corrected chi connectivity index (χ3v) is 6.58. The van der Waals surface area contributed by atoms with Gasteiger partial charge < -0.3 is 14.0 Å². The van der Waals surface area contributed by atoms with E-state index in [0.29, 0.717) is 11.8 Å². The maximum Gasteiger partial charge on any atom is 0.495 e. The van der Waals surface area contributed by atoms with Crippen molar-refractivity contribution in [1.82, 2.24) is 9.78 Å². The Morgan fingerprint density at radius 3 is 2.55 bits per heavy atom. The van der Waals surface area contributed by atoms with Crippen molar-refractivity contribution in [2.45, 2.75) is 45.4 Å². The molecule has 0 N–H and O–H groups in total. The summed E-state index contributed by atoms with van der Waals surface area (Å²) >= 11 is 6.20. The molecule has 3 aromatic rings. The van der Waals surface area contributed by atoms with Crippen LogP contribution in [0.1, 0.15) is 43.6 Å². The normalized spacial score (nSPS) is 17.3. The van der Waals surface area contributed by atoms with E-state index in [9.17, 15) is 9.18 Å². The van der Waals surface area contributed by atoms with Gasteiger partial charge in [-0.05, 0) is 50.9 Å². The van der Waals surface area contributed by atoms with Crippen LogP contribution in [0.25, 0.3) is 10.9 Å². The molecule has 0 amide bonds. The third kappa shape index (κ3) is 3.52. The fraction of sp³-hybridized carbons (Fsp3) is 0.364. The smallest absolute Gasteiger partial charge is 0.495 e. The van der Waals surface area contributed by atoms with E-state index in [-0.39, 0.29) is 22.9 Å². The lowest BCUT2D eigenvalue weighted by molar-refractivity contribution is 0.00578.